The second-order valence-corrected chi connectivity index (χ2v) is 2.62. The first-order valence-corrected chi connectivity index (χ1v) is 3.75. The maximum Gasteiger partial charge on any atom is 0.344 e. The summed E-state index contributed by atoms with van der Waals surface area (Å²) in [5, 5.41) is 16.7. The number of carbonyl (C=O) groups excluding carboxylic acids is 1. The summed E-state index contributed by atoms with van der Waals surface area (Å²) < 4.78 is 4.35. The van der Waals surface area contributed by atoms with Crippen LogP contribution in [-0.4, -0.2) is 40.3 Å². The van der Waals surface area contributed by atoms with Gasteiger partial charge < -0.3 is 20.7 Å². The normalized spacial score (nSPS) is 14.1. The lowest BCUT2D eigenvalue weighted by molar-refractivity contribution is -0.163. The summed E-state index contributed by atoms with van der Waals surface area (Å²) in [6.45, 7) is 1.16. The van der Waals surface area contributed by atoms with E-state index in [0.29, 0.717) is 0 Å². The van der Waals surface area contributed by atoms with Crippen LogP contribution in [-0.2, 0) is 19.1 Å². The summed E-state index contributed by atoms with van der Waals surface area (Å²) in [6, 6.07) is -1.37. The van der Waals surface area contributed by atoms with Gasteiger partial charge in [-0.15, -0.1) is 0 Å². The Bertz CT molecular complexity index is 227. The first-order valence-electron chi connectivity index (χ1n) is 3.75. The van der Waals surface area contributed by atoms with Crippen molar-refractivity contribution in [3.8, 4) is 0 Å². The molecule has 4 N–H and O–H groups in total. The lowest BCUT2D eigenvalue weighted by Gasteiger charge is -2.09. The third-order valence-corrected chi connectivity index (χ3v) is 1.36. The molecule has 0 aromatic rings. The molecule has 0 saturated carbocycles. The third kappa shape index (κ3) is 4.41. The highest BCUT2D eigenvalue weighted by Crippen LogP contribution is 1.97. The van der Waals surface area contributed by atoms with Crippen LogP contribution in [0, 0.1) is 0 Å². The number of carbonyl (C=O) groups is 3. The fourth-order valence-electron chi connectivity index (χ4n) is 0.563. The summed E-state index contributed by atoms with van der Waals surface area (Å²) in [4.78, 5) is 31.3. The fourth-order valence-corrected chi connectivity index (χ4v) is 0.563. The van der Waals surface area contributed by atoms with Gasteiger partial charge in [-0.3, -0.25) is 9.59 Å². The quantitative estimate of drug-likeness (QED) is 0.481. The number of ether oxygens (including phenoxy) is 1. The summed E-state index contributed by atoms with van der Waals surface area (Å²) in [6.07, 6.45) is -1.85. The fraction of sp³-hybridized carbons (Fsp3) is 0.571. The molecule has 0 aliphatic rings. The maximum absolute atomic E-state index is 10.8. The van der Waals surface area contributed by atoms with E-state index in [1.807, 2.05) is 0 Å². The van der Waals surface area contributed by atoms with Crippen molar-refractivity contribution in [1.82, 2.24) is 0 Å². The largest absolute Gasteiger partial charge is 0.480 e. The van der Waals surface area contributed by atoms with Crippen LogP contribution < -0.4 is 5.73 Å². The van der Waals surface area contributed by atoms with E-state index in [0.717, 1.165) is 6.92 Å². The minimum atomic E-state index is -1.37. The molecule has 2 atom stereocenters. The minimum Gasteiger partial charge on any atom is -0.480 e. The van der Waals surface area contributed by atoms with Gasteiger partial charge in [0.25, 0.3) is 0 Å². The van der Waals surface area contributed by atoms with Crippen LogP contribution in [0.1, 0.15) is 13.3 Å². The third-order valence-electron chi connectivity index (χ3n) is 1.36. The van der Waals surface area contributed by atoms with Crippen molar-refractivity contribution in [3.05, 3.63) is 0 Å². The number of nitrogens with two attached hydrogens (primary N) is 1. The van der Waals surface area contributed by atoms with E-state index in [2.05, 4.69) is 4.74 Å². The number of hydrogen-bond donors (Lipinski definition) is 3. The molecule has 0 aromatic carbocycles. The molecule has 0 radical (unpaired) electrons. The van der Waals surface area contributed by atoms with Crippen molar-refractivity contribution in [1.29, 1.82) is 0 Å². The Balaban J connectivity index is 3.99. The van der Waals surface area contributed by atoms with Crippen molar-refractivity contribution < 1.29 is 29.3 Å². The van der Waals surface area contributed by atoms with Gasteiger partial charge in [0.05, 0.1) is 6.42 Å². The van der Waals surface area contributed by atoms with E-state index in [-0.39, 0.29) is 0 Å². The van der Waals surface area contributed by atoms with Crippen molar-refractivity contribution >= 4 is 17.9 Å². The Morgan fingerprint density at radius 2 is 1.79 bits per heavy atom. The van der Waals surface area contributed by atoms with E-state index >= 15 is 0 Å². The zero-order valence-corrected chi connectivity index (χ0v) is 7.47. The Labute approximate surface area is 79.5 Å². The van der Waals surface area contributed by atoms with Gasteiger partial charge in [0.15, 0.2) is 6.10 Å². The molecule has 0 rings (SSSR count). The van der Waals surface area contributed by atoms with E-state index in [9.17, 15) is 14.4 Å². The molecule has 14 heavy (non-hydrogen) atoms. The molecular formula is C7H11NO6. The lowest BCUT2D eigenvalue weighted by atomic mass is 10.2. The highest BCUT2D eigenvalue weighted by atomic mass is 16.6. The topological polar surface area (TPSA) is 127 Å². The molecule has 0 fully saturated rings. The van der Waals surface area contributed by atoms with Crippen molar-refractivity contribution in [3.63, 3.8) is 0 Å². The molecule has 0 aromatic heterocycles. The number of carboxylic acids is 2. The molecule has 7 heteroatoms. The van der Waals surface area contributed by atoms with Crippen molar-refractivity contribution in [2.45, 2.75) is 25.5 Å². The average Bonchev–Trinajstić information content (AvgIpc) is 2.03. The van der Waals surface area contributed by atoms with Gasteiger partial charge in [-0.2, -0.15) is 0 Å². The SMILES string of the molecule is C[C@@H](OC(=O)C[C@H](N)C(=O)O)C(=O)O. The molecule has 0 aliphatic heterocycles. The van der Waals surface area contributed by atoms with Crippen LogP contribution in [0.5, 0.6) is 0 Å². The predicted octanol–water partition coefficient (Wildman–Crippen LogP) is -1.20. The van der Waals surface area contributed by atoms with Crippen molar-refractivity contribution in [2.24, 2.45) is 5.73 Å². The monoisotopic (exact) mass is 205 g/mol. The molecule has 0 amide bonds. The standard InChI is InChI=1S/C7H11NO6/c1-3(6(10)11)14-5(9)2-4(8)7(12)13/h3-4H,2,8H2,1H3,(H,10,11)(H,12,13)/t3-,4+/m1/s1. The number of rotatable bonds is 5. The van der Waals surface area contributed by atoms with Crippen molar-refractivity contribution in [2.75, 3.05) is 0 Å². The summed E-state index contributed by atoms with van der Waals surface area (Å²) >= 11 is 0. The first-order chi connectivity index (χ1) is 6.34. The second kappa shape index (κ2) is 5.18. The van der Waals surface area contributed by atoms with Crippen LogP contribution in [0.15, 0.2) is 0 Å². The zero-order chi connectivity index (χ0) is 11.3. The van der Waals surface area contributed by atoms with E-state index in [1.54, 1.807) is 0 Å². The summed E-state index contributed by atoms with van der Waals surface area (Å²) in [5.74, 6) is -3.60. The Morgan fingerprint density at radius 3 is 2.14 bits per heavy atom. The lowest BCUT2D eigenvalue weighted by Crippen LogP contribution is -2.34. The van der Waals surface area contributed by atoms with Crippen LogP contribution in [0.2, 0.25) is 0 Å². The van der Waals surface area contributed by atoms with Crippen LogP contribution >= 0.6 is 0 Å². The highest BCUT2D eigenvalue weighted by Gasteiger charge is 2.21. The van der Waals surface area contributed by atoms with Gasteiger partial charge in [-0.05, 0) is 6.92 Å². The van der Waals surface area contributed by atoms with Gasteiger partial charge in [-0.25, -0.2) is 4.79 Å². The van der Waals surface area contributed by atoms with E-state index in [4.69, 9.17) is 15.9 Å². The molecular weight excluding hydrogens is 194 g/mol. The van der Waals surface area contributed by atoms with Gasteiger partial charge >= 0.3 is 17.9 Å². The van der Waals surface area contributed by atoms with E-state index < -0.39 is 36.5 Å². The second-order valence-electron chi connectivity index (χ2n) is 2.62. The Kier molecular flexibility index (Phi) is 4.57. The van der Waals surface area contributed by atoms with E-state index in [1.165, 1.54) is 0 Å². The Hall–Kier alpha value is -1.63. The predicted molar refractivity (Wildman–Crippen MR) is 43.4 cm³/mol. The number of hydrogen-bond acceptors (Lipinski definition) is 5. The molecule has 80 valence electrons. The van der Waals surface area contributed by atoms with Gasteiger partial charge in [0, 0.05) is 0 Å². The smallest absolute Gasteiger partial charge is 0.344 e. The van der Waals surface area contributed by atoms with Crippen LogP contribution in [0.3, 0.4) is 0 Å². The van der Waals surface area contributed by atoms with Crippen LogP contribution in [0.4, 0.5) is 0 Å². The van der Waals surface area contributed by atoms with Gasteiger partial charge in [0.2, 0.25) is 0 Å². The highest BCUT2D eigenvalue weighted by molar-refractivity contribution is 5.83. The molecule has 0 unspecified atom stereocenters. The number of carboxylic acid groups (broad SMARTS) is 2. The first kappa shape index (κ1) is 12.4. The molecule has 0 spiro atoms. The zero-order valence-electron chi connectivity index (χ0n) is 7.47. The van der Waals surface area contributed by atoms with Gasteiger partial charge in [0.1, 0.15) is 6.04 Å². The van der Waals surface area contributed by atoms with Crippen LogP contribution in [0.25, 0.3) is 0 Å². The molecule has 7 nitrogen and oxygen atoms in total. The minimum absolute atomic E-state index is 0.549. The maximum atomic E-state index is 10.8. The molecule has 0 aliphatic carbocycles. The molecule has 0 bridgehead atoms. The number of aliphatic carboxylic acids is 2. The Morgan fingerprint density at radius 1 is 1.29 bits per heavy atom. The van der Waals surface area contributed by atoms with Gasteiger partial charge in [-0.1, -0.05) is 0 Å². The summed E-state index contributed by atoms with van der Waals surface area (Å²) in [7, 11) is 0. The summed E-state index contributed by atoms with van der Waals surface area (Å²) in [5.41, 5.74) is 5.02. The molecule has 0 heterocycles. The molecule has 0 saturated heterocycles. The average molecular weight is 205 g/mol. The number of esters is 1.